The van der Waals surface area contributed by atoms with E-state index in [0.717, 1.165) is 6.42 Å². The molecule has 0 aliphatic heterocycles. The lowest BCUT2D eigenvalue weighted by Crippen LogP contribution is -1.90. The smallest absolute Gasteiger partial charge is 0.00839 e. The van der Waals surface area contributed by atoms with Gasteiger partial charge in [-0.2, -0.15) is 0 Å². The topological polar surface area (TPSA) is 0 Å². The Kier molecular flexibility index (Phi) is 3.54. The third-order valence-corrected chi connectivity index (χ3v) is 2.43. The minimum absolute atomic E-state index is 1.02. The summed E-state index contributed by atoms with van der Waals surface area (Å²) in [4.78, 5) is 1.92. The fourth-order valence-corrected chi connectivity index (χ4v) is 1.52. The predicted octanol–water partition coefficient (Wildman–Crippen LogP) is 3.75. The molecule has 0 aromatic heterocycles. The lowest BCUT2D eigenvalue weighted by molar-refractivity contribution is 1.17. The molecule has 0 saturated heterocycles. The van der Waals surface area contributed by atoms with Crippen molar-refractivity contribution in [3.8, 4) is 0 Å². The molecule has 12 heavy (non-hydrogen) atoms. The number of allylic oxidation sites excluding steroid dienone is 1. The molecule has 1 heteroatoms. The molecule has 0 saturated carbocycles. The van der Waals surface area contributed by atoms with E-state index in [1.165, 1.54) is 16.7 Å². The highest BCUT2D eigenvalue weighted by molar-refractivity contribution is 9.11. The van der Waals surface area contributed by atoms with E-state index in [0.29, 0.717) is 0 Å². The zero-order valence-corrected chi connectivity index (χ0v) is 9.06. The van der Waals surface area contributed by atoms with Crippen LogP contribution in [-0.2, 0) is 6.42 Å². The van der Waals surface area contributed by atoms with Crippen LogP contribution in [0.4, 0.5) is 0 Å². The van der Waals surface area contributed by atoms with Crippen molar-refractivity contribution in [2.24, 2.45) is 0 Å². The lowest BCUT2D eigenvalue weighted by Gasteiger charge is -2.05. The van der Waals surface area contributed by atoms with E-state index in [1.807, 2.05) is 4.99 Å². The molecule has 1 aromatic rings. The van der Waals surface area contributed by atoms with E-state index < -0.39 is 0 Å². The van der Waals surface area contributed by atoms with Crippen molar-refractivity contribution in [3.63, 3.8) is 0 Å². The molecule has 0 N–H and O–H groups in total. The number of rotatable bonds is 2. The minimum atomic E-state index is 1.02. The van der Waals surface area contributed by atoms with E-state index in [-0.39, 0.29) is 0 Å². The van der Waals surface area contributed by atoms with Gasteiger partial charge < -0.3 is 0 Å². The number of hydrogen-bond acceptors (Lipinski definition) is 0. The third kappa shape index (κ3) is 2.21. The summed E-state index contributed by atoms with van der Waals surface area (Å²) in [5.41, 5.74) is 4.19. The summed E-state index contributed by atoms with van der Waals surface area (Å²) in [6.45, 7) is 4.31. The highest BCUT2D eigenvalue weighted by Crippen LogP contribution is 2.14. The Balaban J connectivity index is 2.96. The molecule has 0 aliphatic rings. The van der Waals surface area contributed by atoms with E-state index in [2.05, 4.69) is 54.1 Å². The average molecular weight is 225 g/mol. The van der Waals surface area contributed by atoms with Crippen molar-refractivity contribution in [3.05, 3.63) is 46.0 Å². The van der Waals surface area contributed by atoms with Crippen molar-refractivity contribution in [1.82, 2.24) is 0 Å². The second-order valence-corrected chi connectivity index (χ2v) is 3.46. The van der Waals surface area contributed by atoms with Gasteiger partial charge in [0.05, 0.1) is 0 Å². The maximum absolute atomic E-state index is 3.28. The summed E-state index contributed by atoms with van der Waals surface area (Å²) in [5, 5.41) is 0. The Labute approximate surface area is 82.4 Å². The van der Waals surface area contributed by atoms with Crippen LogP contribution in [0.3, 0.4) is 0 Å². The molecular weight excluding hydrogens is 212 g/mol. The summed E-state index contributed by atoms with van der Waals surface area (Å²) >= 11 is 3.28. The molecule has 64 valence electrons. The van der Waals surface area contributed by atoms with Crippen molar-refractivity contribution in [2.75, 3.05) is 0 Å². The van der Waals surface area contributed by atoms with Gasteiger partial charge in [0.1, 0.15) is 0 Å². The Hall–Kier alpha value is -0.560. The van der Waals surface area contributed by atoms with Crippen LogP contribution >= 0.6 is 15.9 Å². The largest absolute Gasteiger partial charge is 0.0732 e. The fraction of sp³-hybridized carbons (Fsp3) is 0.273. The Morgan fingerprint density at radius 2 is 1.83 bits per heavy atom. The highest BCUT2D eigenvalue weighted by Gasteiger charge is 1.98. The van der Waals surface area contributed by atoms with Crippen molar-refractivity contribution >= 4 is 15.9 Å². The summed E-state index contributed by atoms with van der Waals surface area (Å²) in [5.74, 6) is 0. The van der Waals surface area contributed by atoms with Crippen molar-refractivity contribution in [1.29, 1.82) is 0 Å². The van der Waals surface area contributed by atoms with E-state index >= 15 is 0 Å². The lowest BCUT2D eigenvalue weighted by atomic mass is 10.0. The monoisotopic (exact) mass is 224 g/mol. The first-order valence-corrected chi connectivity index (χ1v) is 4.97. The quantitative estimate of drug-likeness (QED) is 0.718. The number of benzene rings is 1. The molecule has 0 heterocycles. The standard InChI is InChI=1S/C11H13Br/c1-9-5-3-6-10(2)11(9)7-4-8-12/h3-6,8H,7H2,1-2H3/b8-4+. The van der Waals surface area contributed by atoms with Crippen LogP contribution < -0.4 is 0 Å². The van der Waals surface area contributed by atoms with Gasteiger partial charge in [-0.05, 0) is 41.9 Å². The summed E-state index contributed by atoms with van der Waals surface area (Å²) in [7, 11) is 0. The Morgan fingerprint density at radius 3 is 2.33 bits per heavy atom. The highest BCUT2D eigenvalue weighted by atomic mass is 79.9. The molecule has 0 unspecified atom stereocenters. The molecule has 0 atom stereocenters. The van der Waals surface area contributed by atoms with Gasteiger partial charge in [-0.3, -0.25) is 0 Å². The first kappa shape index (κ1) is 9.53. The summed E-state index contributed by atoms with van der Waals surface area (Å²) in [6.07, 6.45) is 3.14. The van der Waals surface area contributed by atoms with Gasteiger partial charge in [-0.1, -0.05) is 40.2 Å². The Morgan fingerprint density at radius 1 is 1.25 bits per heavy atom. The Bertz CT molecular complexity index is 267. The SMILES string of the molecule is Cc1cccc(C)c1C/C=C/Br. The van der Waals surface area contributed by atoms with Crippen LogP contribution in [0.1, 0.15) is 16.7 Å². The maximum atomic E-state index is 3.28. The number of hydrogen-bond donors (Lipinski definition) is 0. The van der Waals surface area contributed by atoms with Gasteiger partial charge in [-0.25, -0.2) is 0 Å². The molecule has 0 aliphatic carbocycles. The van der Waals surface area contributed by atoms with Crippen molar-refractivity contribution in [2.45, 2.75) is 20.3 Å². The van der Waals surface area contributed by atoms with Crippen LogP contribution in [0.2, 0.25) is 0 Å². The van der Waals surface area contributed by atoms with Gasteiger partial charge in [0.15, 0.2) is 0 Å². The first-order valence-electron chi connectivity index (χ1n) is 4.06. The van der Waals surface area contributed by atoms with Crippen LogP contribution in [-0.4, -0.2) is 0 Å². The van der Waals surface area contributed by atoms with Crippen LogP contribution in [0.25, 0.3) is 0 Å². The molecule has 1 aromatic carbocycles. The van der Waals surface area contributed by atoms with Crippen LogP contribution in [0, 0.1) is 13.8 Å². The third-order valence-electron chi connectivity index (χ3n) is 2.06. The van der Waals surface area contributed by atoms with Crippen molar-refractivity contribution < 1.29 is 0 Å². The molecular formula is C11H13Br. The van der Waals surface area contributed by atoms with Crippen LogP contribution in [0.15, 0.2) is 29.3 Å². The average Bonchev–Trinajstić information content (AvgIpc) is 2.04. The van der Waals surface area contributed by atoms with Gasteiger partial charge in [0, 0.05) is 0 Å². The van der Waals surface area contributed by atoms with Gasteiger partial charge in [0.2, 0.25) is 0 Å². The zero-order chi connectivity index (χ0) is 8.97. The number of aryl methyl sites for hydroxylation is 2. The second kappa shape index (κ2) is 4.46. The first-order chi connectivity index (χ1) is 5.75. The molecule has 0 radical (unpaired) electrons. The minimum Gasteiger partial charge on any atom is -0.0732 e. The summed E-state index contributed by atoms with van der Waals surface area (Å²) in [6, 6.07) is 6.42. The molecule has 1 rings (SSSR count). The van der Waals surface area contributed by atoms with Gasteiger partial charge in [0.25, 0.3) is 0 Å². The predicted molar refractivity (Wildman–Crippen MR) is 57.7 cm³/mol. The zero-order valence-electron chi connectivity index (χ0n) is 7.47. The second-order valence-electron chi connectivity index (χ2n) is 2.94. The normalized spacial score (nSPS) is 10.9. The fourth-order valence-electron chi connectivity index (χ4n) is 1.33. The number of halogens is 1. The molecule has 0 spiro atoms. The van der Waals surface area contributed by atoms with E-state index in [4.69, 9.17) is 0 Å². The van der Waals surface area contributed by atoms with E-state index in [1.54, 1.807) is 0 Å². The molecule has 0 bridgehead atoms. The summed E-state index contributed by atoms with van der Waals surface area (Å²) < 4.78 is 0. The van der Waals surface area contributed by atoms with Gasteiger partial charge in [-0.15, -0.1) is 0 Å². The van der Waals surface area contributed by atoms with E-state index in [9.17, 15) is 0 Å². The molecule has 0 nitrogen and oxygen atoms in total. The van der Waals surface area contributed by atoms with Gasteiger partial charge >= 0.3 is 0 Å². The molecule has 0 fully saturated rings. The molecule has 0 amide bonds. The van der Waals surface area contributed by atoms with Crippen LogP contribution in [0.5, 0.6) is 0 Å². The maximum Gasteiger partial charge on any atom is -0.00839 e.